The van der Waals surface area contributed by atoms with Gasteiger partial charge in [-0.2, -0.15) is 5.10 Å². The van der Waals surface area contributed by atoms with E-state index in [2.05, 4.69) is 16.9 Å². The van der Waals surface area contributed by atoms with E-state index in [0.29, 0.717) is 13.1 Å². The van der Waals surface area contributed by atoms with Gasteiger partial charge in [0.1, 0.15) is 0 Å². The number of hydrogen-bond donors (Lipinski definition) is 1. The minimum atomic E-state index is -0.689. The van der Waals surface area contributed by atoms with Crippen molar-refractivity contribution in [1.82, 2.24) is 14.7 Å². The van der Waals surface area contributed by atoms with Crippen molar-refractivity contribution in [3.8, 4) is 0 Å². The van der Waals surface area contributed by atoms with Gasteiger partial charge >= 0.3 is 5.97 Å². The summed E-state index contributed by atoms with van der Waals surface area (Å²) in [5.74, 6) is -0.884. The Balaban J connectivity index is 2.02. The lowest BCUT2D eigenvalue weighted by atomic mass is 9.96. The molecule has 1 atom stereocenters. The highest BCUT2D eigenvalue weighted by molar-refractivity contribution is 5.71. The summed E-state index contributed by atoms with van der Waals surface area (Å²) in [6.45, 7) is 5.37. The van der Waals surface area contributed by atoms with Gasteiger partial charge in [-0.05, 0) is 13.8 Å². The average Bonchev–Trinajstić information content (AvgIpc) is 2.41. The van der Waals surface area contributed by atoms with Crippen molar-refractivity contribution in [3.05, 3.63) is 17.5 Å². The number of aryl methyl sites for hydroxylation is 2. The van der Waals surface area contributed by atoms with Crippen LogP contribution in [0.1, 0.15) is 24.2 Å². The Morgan fingerprint density at radius 3 is 2.69 bits per heavy atom. The van der Waals surface area contributed by atoms with Gasteiger partial charge in [0.15, 0.2) is 0 Å². The maximum atomic E-state index is 10.7. The van der Waals surface area contributed by atoms with Gasteiger partial charge in [-0.15, -0.1) is 0 Å². The lowest BCUT2D eigenvalue weighted by molar-refractivity contribution is -0.148. The first kappa shape index (κ1) is 11.1. The Morgan fingerprint density at radius 2 is 2.25 bits per heavy atom. The molecule has 1 aromatic heterocycles. The minimum Gasteiger partial charge on any atom is -0.481 e. The van der Waals surface area contributed by atoms with Crippen molar-refractivity contribution >= 4 is 5.97 Å². The molecule has 0 saturated carbocycles. The molecule has 88 valence electrons. The van der Waals surface area contributed by atoms with E-state index in [1.54, 1.807) is 4.68 Å². The molecule has 1 unspecified atom stereocenters. The Hall–Kier alpha value is -1.36. The third-order valence-electron chi connectivity index (χ3n) is 3.31. The molecule has 0 radical (unpaired) electrons. The highest BCUT2D eigenvalue weighted by Gasteiger charge is 2.36. The summed E-state index contributed by atoms with van der Waals surface area (Å²) < 4.78 is 1.80. The van der Waals surface area contributed by atoms with Crippen LogP contribution in [0.25, 0.3) is 0 Å². The van der Waals surface area contributed by atoms with Crippen LogP contribution in [0.15, 0.2) is 6.20 Å². The fraction of sp³-hybridized carbons (Fsp3) is 0.636. The summed E-state index contributed by atoms with van der Waals surface area (Å²) >= 11 is 0. The number of nitrogens with zero attached hydrogens (tertiary/aromatic N) is 3. The molecule has 5 heteroatoms. The Bertz CT molecular complexity index is 407. The topological polar surface area (TPSA) is 58.4 Å². The van der Waals surface area contributed by atoms with E-state index in [1.807, 2.05) is 20.2 Å². The van der Waals surface area contributed by atoms with Gasteiger partial charge in [-0.1, -0.05) is 0 Å². The lowest BCUT2D eigenvalue weighted by Gasteiger charge is -2.40. The molecule has 0 aromatic carbocycles. The monoisotopic (exact) mass is 223 g/mol. The summed E-state index contributed by atoms with van der Waals surface area (Å²) in [6.07, 6.45) is 2.01. The largest absolute Gasteiger partial charge is 0.481 e. The molecule has 0 amide bonds. The molecular weight excluding hydrogens is 206 g/mol. The van der Waals surface area contributed by atoms with E-state index in [-0.39, 0.29) is 12.0 Å². The number of likely N-dealkylation sites (tertiary alicyclic amines) is 1. The summed E-state index contributed by atoms with van der Waals surface area (Å²) in [6, 6.07) is 0.254. The van der Waals surface area contributed by atoms with Crippen LogP contribution in [0.4, 0.5) is 0 Å². The smallest absolute Gasteiger partial charge is 0.309 e. The number of hydrogen-bond acceptors (Lipinski definition) is 3. The molecule has 5 nitrogen and oxygen atoms in total. The van der Waals surface area contributed by atoms with Crippen LogP contribution in [0, 0.1) is 12.8 Å². The predicted molar refractivity (Wildman–Crippen MR) is 59.1 cm³/mol. The van der Waals surface area contributed by atoms with E-state index in [0.717, 1.165) is 5.69 Å². The molecule has 1 saturated heterocycles. The average molecular weight is 223 g/mol. The van der Waals surface area contributed by atoms with Gasteiger partial charge in [0, 0.05) is 37.9 Å². The summed E-state index contributed by atoms with van der Waals surface area (Å²) in [5, 5.41) is 13.1. The van der Waals surface area contributed by atoms with Gasteiger partial charge in [-0.25, -0.2) is 0 Å². The van der Waals surface area contributed by atoms with E-state index in [1.165, 1.54) is 5.56 Å². The zero-order chi connectivity index (χ0) is 11.9. The molecule has 1 fully saturated rings. The van der Waals surface area contributed by atoms with Gasteiger partial charge in [0.2, 0.25) is 0 Å². The van der Waals surface area contributed by atoms with E-state index in [9.17, 15) is 4.79 Å². The van der Waals surface area contributed by atoms with Gasteiger partial charge in [0.25, 0.3) is 0 Å². The molecule has 1 N–H and O–H groups in total. The minimum absolute atomic E-state index is 0.195. The van der Waals surface area contributed by atoms with Crippen molar-refractivity contribution in [2.45, 2.75) is 19.9 Å². The van der Waals surface area contributed by atoms with Crippen LogP contribution < -0.4 is 0 Å². The first-order valence-corrected chi connectivity index (χ1v) is 5.46. The maximum Gasteiger partial charge on any atom is 0.309 e. The van der Waals surface area contributed by atoms with E-state index >= 15 is 0 Å². The first-order valence-electron chi connectivity index (χ1n) is 5.46. The summed E-state index contributed by atoms with van der Waals surface area (Å²) in [4.78, 5) is 12.9. The molecular formula is C11H17N3O2. The number of carbonyl (C=O) groups is 1. The summed E-state index contributed by atoms with van der Waals surface area (Å²) in [5.41, 5.74) is 2.21. The first-order chi connectivity index (χ1) is 7.49. The molecule has 2 heterocycles. The van der Waals surface area contributed by atoms with Crippen LogP contribution >= 0.6 is 0 Å². The molecule has 1 aromatic rings. The van der Waals surface area contributed by atoms with Crippen LogP contribution in [0.2, 0.25) is 0 Å². The van der Waals surface area contributed by atoms with Crippen molar-refractivity contribution in [2.75, 3.05) is 13.1 Å². The fourth-order valence-electron chi connectivity index (χ4n) is 2.21. The maximum absolute atomic E-state index is 10.7. The number of rotatable bonds is 3. The highest BCUT2D eigenvalue weighted by atomic mass is 16.4. The standard InChI is InChI=1S/C11H17N3O2/c1-7-10(6-13(3)12-7)8(2)14-4-9(5-14)11(15)16/h6,8-9H,4-5H2,1-3H3,(H,15,16). The molecule has 1 aliphatic rings. The molecule has 1 aliphatic heterocycles. The Kier molecular flexibility index (Phi) is 2.71. The van der Waals surface area contributed by atoms with Crippen molar-refractivity contribution in [1.29, 1.82) is 0 Å². The molecule has 0 aliphatic carbocycles. The molecule has 0 spiro atoms. The molecule has 0 bridgehead atoms. The molecule has 16 heavy (non-hydrogen) atoms. The van der Waals surface area contributed by atoms with Gasteiger partial charge in [-0.3, -0.25) is 14.4 Å². The van der Waals surface area contributed by atoms with Crippen LogP contribution in [-0.4, -0.2) is 38.8 Å². The van der Waals surface area contributed by atoms with Crippen LogP contribution in [0.3, 0.4) is 0 Å². The predicted octanol–water partition coefficient (Wildman–Crippen LogP) is 0.806. The quantitative estimate of drug-likeness (QED) is 0.823. The molecule has 2 rings (SSSR count). The van der Waals surface area contributed by atoms with Crippen molar-refractivity contribution in [2.24, 2.45) is 13.0 Å². The second-order valence-corrected chi connectivity index (χ2v) is 4.51. The lowest BCUT2D eigenvalue weighted by Crippen LogP contribution is -2.51. The van der Waals surface area contributed by atoms with Crippen molar-refractivity contribution in [3.63, 3.8) is 0 Å². The number of aromatic nitrogens is 2. The van der Waals surface area contributed by atoms with Crippen LogP contribution in [0.5, 0.6) is 0 Å². The zero-order valence-corrected chi connectivity index (χ0v) is 9.84. The van der Waals surface area contributed by atoms with E-state index in [4.69, 9.17) is 5.11 Å². The van der Waals surface area contributed by atoms with Crippen LogP contribution in [-0.2, 0) is 11.8 Å². The fourth-order valence-corrected chi connectivity index (χ4v) is 2.21. The third-order valence-corrected chi connectivity index (χ3v) is 3.31. The van der Waals surface area contributed by atoms with Crippen molar-refractivity contribution < 1.29 is 9.90 Å². The summed E-state index contributed by atoms with van der Waals surface area (Å²) in [7, 11) is 1.90. The second kappa shape index (κ2) is 3.90. The second-order valence-electron chi connectivity index (χ2n) is 4.51. The third kappa shape index (κ3) is 1.82. The normalized spacial score (nSPS) is 19.4. The Labute approximate surface area is 94.7 Å². The number of carboxylic acid groups (broad SMARTS) is 1. The Morgan fingerprint density at radius 1 is 1.62 bits per heavy atom. The number of aliphatic carboxylic acids is 1. The van der Waals surface area contributed by atoms with E-state index < -0.39 is 5.97 Å². The van der Waals surface area contributed by atoms with Gasteiger partial charge < -0.3 is 5.11 Å². The highest BCUT2D eigenvalue weighted by Crippen LogP contribution is 2.29. The van der Waals surface area contributed by atoms with Gasteiger partial charge in [0.05, 0.1) is 11.6 Å². The number of carboxylic acids is 1. The SMILES string of the molecule is Cc1nn(C)cc1C(C)N1CC(C(=O)O)C1. The zero-order valence-electron chi connectivity index (χ0n) is 9.84.